The summed E-state index contributed by atoms with van der Waals surface area (Å²) in [5.41, 5.74) is 1.30. The Morgan fingerprint density at radius 1 is 1.00 bits per heavy atom. The average Bonchev–Trinajstić information content (AvgIpc) is 3.07. The molecule has 0 atom stereocenters. The first-order chi connectivity index (χ1) is 11.6. The van der Waals surface area contributed by atoms with E-state index in [1.165, 1.54) is 4.68 Å². The van der Waals surface area contributed by atoms with Gasteiger partial charge in [0.1, 0.15) is 0 Å². The Hall–Kier alpha value is -2.67. The Labute approximate surface area is 146 Å². The number of rotatable bonds is 3. The second-order valence-electron chi connectivity index (χ2n) is 5.52. The molecule has 0 radical (unpaired) electrons. The quantitative estimate of drug-likeness (QED) is 0.697. The summed E-state index contributed by atoms with van der Waals surface area (Å²) in [4.78, 5) is 26.7. The number of benzene rings is 2. The van der Waals surface area contributed by atoms with Crippen LogP contribution in [0.25, 0.3) is 0 Å². The monoisotopic (exact) mass is 384 g/mol. The van der Waals surface area contributed by atoms with Crippen LogP contribution in [0.3, 0.4) is 0 Å². The third-order valence-electron chi connectivity index (χ3n) is 3.94. The fourth-order valence-electron chi connectivity index (χ4n) is 2.76. The number of nitrogens with zero attached hydrogens (tertiary/aromatic N) is 4. The number of carbonyl (C=O) groups is 1. The molecular weight excluding hydrogens is 372 g/mol. The second-order valence-corrected chi connectivity index (χ2v) is 6.44. The lowest BCUT2D eigenvalue weighted by Gasteiger charge is -2.14. The zero-order chi connectivity index (χ0) is 16.7. The first-order valence-electron chi connectivity index (χ1n) is 7.43. The van der Waals surface area contributed by atoms with Crippen molar-refractivity contribution in [3.05, 3.63) is 80.9 Å². The summed E-state index contributed by atoms with van der Waals surface area (Å²) in [5, 5.41) is 4.32. The van der Waals surface area contributed by atoms with E-state index in [1.54, 1.807) is 4.90 Å². The van der Waals surface area contributed by atoms with Gasteiger partial charge in [-0.05, 0) is 29.8 Å². The van der Waals surface area contributed by atoms with Crippen LogP contribution in [0, 0.1) is 0 Å². The molecule has 0 fully saturated rings. The molecule has 2 heterocycles. The van der Waals surface area contributed by atoms with Gasteiger partial charge in [0.05, 0.1) is 13.1 Å². The van der Waals surface area contributed by atoms with Crippen molar-refractivity contribution >= 4 is 27.6 Å². The van der Waals surface area contributed by atoms with Crippen LogP contribution < -0.4 is 10.6 Å². The highest BCUT2D eigenvalue weighted by Gasteiger charge is 2.33. The van der Waals surface area contributed by atoms with Crippen molar-refractivity contribution in [2.45, 2.75) is 13.1 Å². The predicted molar refractivity (Wildman–Crippen MR) is 93.2 cm³/mol. The molecule has 4 rings (SSSR count). The third kappa shape index (κ3) is 2.46. The van der Waals surface area contributed by atoms with E-state index in [0.717, 1.165) is 20.3 Å². The minimum atomic E-state index is -0.404. The maximum Gasteiger partial charge on any atom is 0.354 e. The number of halogens is 1. The second kappa shape index (κ2) is 5.76. The molecule has 1 aromatic heterocycles. The van der Waals surface area contributed by atoms with E-state index < -0.39 is 5.69 Å². The molecule has 0 unspecified atom stereocenters. The van der Waals surface area contributed by atoms with E-state index in [9.17, 15) is 9.59 Å². The Balaban J connectivity index is 1.64. The van der Waals surface area contributed by atoms with E-state index in [1.807, 2.05) is 54.6 Å². The topological polar surface area (TPSA) is 60.1 Å². The summed E-state index contributed by atoms with van der Waals surface area (Å²) in [6, 6.07) is 16.6. The minimum Gasteiger partial charge on any atom is -0.286 e. The molecule has 6 nitrogen and oxygen atoms in total. The third-order valence-corrected chi connectivity index (χ3v) is 4.47. The highest BCUT2D eigenvalue weighted by atomic mass is 79.9. The summed E-state index contributed by atoms with van der Waals surface area (Å²) in [6.45, 7) is 0.642. The summed E-state index contributed by atoms with van der Waals surface area (Å²) < 4.78 is 3.41. The molecule has 1 amide bonds. The molecule has 24 heavy (non-hydrogen) atoms. The van der Waals surface area contributed by atoms with E-state index in [-0.39, 0.29) is 12.6 Å². The maximum absolute atomic E-state index is 12.6. The van der Waals surface area contributed by atoms with Gasteiger partial charge in [0, 0.05) is 10.2 Å². The number of amides is 1. The van der Waals surface area contributed by atoms with Crippen molar-refractivity contribution in [3.8, 4) is 0 Å². The summed E-state index contributed by atoms with van der Waals surface area (Å²) in [6.07, 6.45) is 0. The lowest BCUT2D eigenvalue weighted by Crippen LogP contribution is -2.34. The van der Waals surface area contributed by atoms with Gasteiger partial charge in [0.25, 0.3) is 0 Å². The van der Waals surface area contributed by atoms with Gasteiger partial charge in [-0.15, -0.1) is 0 Å². The molecule has 7 heteroatoms. The minimum absolute atomic E-state index is 0.289. The van der Waals surface area contributed by atoms with Crippen LogP contribution in [0.5, 0.6) is 0 Å². The Morgan fingerprint density at radius 2 is 1.71 bits per heavy atom. The molecule has 0 spiro atoms. The molecule has 2 aromatic carbocycles. The smallest absolute Gasteiger partial charge is 0.286 e. The highest BCUT2D eigenvalue weighted by Crippen LogP contribution is 2.24. The normalized spacial score (nSPS) is 13.4. The van der Waals surface area contributed by atoms with Gasteiger partial charge >= 0.3 is 11.7 Å². The van der Waals surface area contributed by atoms with Crippen molar-refractivity contribution in [2.24, 2.45) is 0 Å². The molecule has 120 valence electrons. The summed E-state index contributed by atoms with van der Waals surface area (Å²) >= 11 is 3.37. The number of hydrogen-bond acceptors (Lipinski definition) is 3. The Morgan fingerprint density at radius 3 is 2.38 bits per heavy atom. The van der Waals surface area contributed by atoms with Gasteiger partial charge in [0.15, 0.2) is 5.82 Å². The molecular formula is C17H13BrN4O2. The van der Waals surface area contributed by atoms with E-state index in [4.69, 9.17) is 0 Å². The fourth-order valence-corrected chi connectivity index (χ4v) is 3.02. The standard InChI is InChI=1S/C17H13BrN4O2/c18-13-6-8-14(9-7-13)20-11-15-19-21(17(24)22(15)16(20)23)10-12-4-2-1-3-5-12/h1-9H,10-11H2. The van der Waals surface area contributed by atoms with Crippen LogP contribution in [0.2, 0.25) is 0 Å². The predicted octanol–water partition coefficient (Wildman–Crippen LogP) is 2.84. The van der Waals surface area contributed by atoms with Crippen LogP contribution in [0.4, 0.5) is 10.5 Å². The first kappa shape index (κ1) is 14.9. The van der Waals surface area contributed by atoms with Gasteiger partial charge in [-0.1, -0.05) is 46.3 Å². The number of hydrogen-bond donors (Lipinski definition) is 0. The van der Waals surface area contributed by atoms with E-state index in [2.05, 4.69) is 21.0 Å². The van der Waals surface area contributed by atoms with Gasteiger partial charge in [-0.2, -0.15) is 9.67 Å². The highest BCUT2D eigenvalue weighted by molar-refractivity contribution is 9.10. The van der Waals surface area contributed by atoms with Crippen molar-refractivity contribution in [1.29, 1.82) is 0 Å². The molecule has 3 aromatic rings. The van der Waals surface area contributed by atoms with Gasteiger partial charge < -0.3 is 0 Å². The van der Waals surface area contributed by atoms with Crippen molar-refractivity contribution in [3.63, 3.8) is 0 Å². The number of anilines is 1. The number of aromatic nitrogens is 3. The molecule has 1 aliphatic heterocycles. The molecule has 0 saturated carbocycles. The summed E-state index contributed by atoms with van der Waals surface area (Å²) in [7, 11) is 0. The molecule has 0 bridgehead atoms. The van der Waals surface area contributed by atoms with E-state index in [0.29, 0.717) is 12.4 Å². The van der Waals surface area contributed by atoms with Gasteiger partial charge in [-0.3, -0.25) is 4.90 Å². The van der Waals surface area contributed by atoms with Crippen LogP contribution >= 0.6 is 15.9 Å². The van der Waals surface area contributed by atoms with Crippen LogP contribution in [0.15, 0.2) is 63.9 Å². The summed E-state index contributed by atoms with van der Waals surface area (Å²) in [5.74, 6) is 0.462. The van der Waals surface area contributed by atoms with Crippen molar-refractivity contribution in [2.75, 3.05) is 4.90 Å². The largest absolute Gasteiger partial charge is 0.354 e. The molecule has 0 aliphatic carbocycles. The van der Waals surface area contributed by atoms with Crippen LogP contribution in [-0.4, -0.2) is 20.4 Å². The van der Waals surface area contributed by atoms with Gasteiger partial charge in [0.2, 0.25) is 0 Å². The SMILES string of the molecule is O=C1N(c2ccc(Br)cc2)Cc2nn(Cc3ccccc3)c(=O)n21. The first-order valence-corrected chi connectivity index (χ1v) is 8.23. The van der Waals surface area contributed by atoms with Crippen LogP contribution in [-0.2, 0) is 13.1 Å². The zero-order valence-electron chi connectivity index (χ0n) is 12.6. The van der Waals surface area contributed by atoms with Gasteiger partial charge in [-0.25, -0.2) is 14.3 Å². The van der Waals surface area contributed by atoms with Crippen LogP contribution in [0.1, 0.15) is 11.4 Å². The van der Waals surface area contributed by atoms with E-state index >= 15 is 0 Å². The zero-order valence-corrected chi connectivity index (χ0v) is 14.2. The average molecular weight is 385 g/mol. The fraction of sp³-hybridized carbons (Fsp3) is 0.118. The lowest BCUT2D eigenvalue weighted by atomic mass is 10.2. The lowest BCUT2D eigenvalue weighted by molar-refractivity contribution is 0.250. The molecule has 1 aliphatic rings. The van der Waals surface area contributed by atoms with Crippen molar-refractivity contribution in [1.82, 2.24) is 14.3 Å². The van der Waals surface area contributed by atoms with Crippen molar-refractivity contribution < 1.29 is 4.79 Å². The molecule has 0 N–H and O–H groups in total. The number of fused-ring (bicyclic) bond motifs is 1. The number of carbonyl (C=O) groups excluding carboxylic acids is 1. The Bertz CT molecular complexity index is 961. The molecule has 0 saturated heterocycles. The Kier molecular flexibility index (Phi) is 3.57. The maximum atomic E-state index is 12.6.